The van der Waals surface area contributed by atoms with Gasteiger partial charge in [0.05, 0.1) is 14.2 Å². The molecule has 0 saturated carbocycles. The minimum absolute atomic E-state index is 0.721. The molecule has 2 aromatic heterocycles. The molecular weight excluding hydrogens is 348 g/mol. The molecule has 26 heavy (non-hydrogen) atoms. The molecule has 0 aliphatic heterocycles. The van der Waals surface area contributed by atoms with Crippen LogP contribution < -0.4 is 9.47 Å². The zero-order chi connectivity index (χ0) is 18.4. The van der Waals surface area contributed by atoms with Crippen LogP contribution in [0.15, 0.2) is 47.9 Å². The molecule has 0 amide bonds. The fraction of sp³-hybridized carbons (Fsp3) is 0.316. The minimum atomic E-state index is 0.721. The summed E-state index contributed by atoms with van der Waals surface area (Å²) in [6, 6.07) is 9.73. The smallest absolute Gasteiger partial charge is 0.191 e. The molecule has 0 atom stereocenters. The number of thioether (sulfide) groups is 1. The summed E-state index contributed by atoms with van der Waals surface area (Å²) in [4.78, 5) is 4.08. The Hall–Kier alpha value is -2.54. The highest BCUT2D eigenvalue weighted by molar-refractivity contribution is 7.98. The van der Waals surface area contributed by atoms with E-state index in [-0.39, 0.29) is 0 Å². The van der Waals surface area contributed by atoms with E-state index in [2.05, 4.69) is 26.7 Å². The van der Waals surface area contributed by atoms with Crippen molar-refractivity contribution in [1.82, 2.24) is 19.7 Å². The Morgan fingerprint density at radius 2 is 1.85 bits per heavy atom. The van der Waals surface area contributed by atoms with Gasteiger partial charge in [0.25, 0.3) is 0 Å². The highest BCUT2D eigenvalue weighted by Gasteiger charge is 2.15. The van der Waals surface area contributed by atoms with Crippen LogP contribution in [0.25, 0.3) is 11.4 Å². The Morgan fingerprint density at radius 1 is 1.04 bits per heavy atom. The molecule has 0 aliphatic carbocycles. The summed E-state index contributed by atoms with van der Waals surface area (Å²) in [5, 5.41) is 9.70. The highest BCUT2D eigenvalue weighted by atomic mass is 32.2. The van der Waals surface area contributed by atoms with Crippen molar-refractivity contribution in [2.45, 2.75) is 30.8 Å². The average Bonchev–Trinajstić information content (AvgIpc) is 3.09. The zero-order valence-corrected chi connectivity index (χ0v) is 16.0. The van der Waals surface area contributed by atoms with Gasteiger partial charge in [-0.05, 0) is 36.8 Å². The molecule has 0 saturated heterocycles. The van der Waals surface area contributed by atoms with Crippen LogP contribution in [0.5, 0.6) is 11.5 Å². The molecule has 1 aromatic carbocycles. The van der Waals surface area contributed by atoms with Gasteiger partial charge in [0.1, 0.15) is 11.5 Å². The molecule has 7 heteroatoms. The lowest BCUT2D eigenvalue weighted by Crippen LogP contribution is -2.02. The Balaban J connectivity index is 1.86. The molecule has 0 spiro atoms. The van der Waals surface area contributed by atoms with Crippen LogP contribution in [0.3, 0.4) is 0 Å². The Kier molecular flexibility index (Phi) is 6.12. The SMILES string of the molecule is CCCn1c(SCc2cc(OC)ccc2OC)nnc1-c1ccncc1. The Labute approximate surface area is 157 Å². The number of methoxy groups -OCH3 is 2. The number of hydrogen-bond donors (Lipinski definition) is 0. The van der Waals surface area contributed by atoms with Gasteiger partial charge in [-0.2, -0.15) is 0 Å². The lowest BCUT2D eigenvalue weighted by Gasteiger charge is -2.11. The van der Waals surface area contributed by atoms with E-state index in [1.807, 2.05) is 30.3 Å². The van der Waals surface area contributed by atoms with Gasteiger partial charge in [-0.25, -0.2) is 0 Å². The normalized spacial score (nSPS) is 10.7. The van der Waals surface area contributed by atoms with Gasteiger partial charge in [-0.1, -0.05) is 18.7 Å². The topological polar surface area (TPSA) is 62.1 Å². The van der Waals surface area contributed by atoms with Crippen LogP contribution in [0, 0.1) is 0 Å². The summed E-state index contributed by atoms with van der Waals surface area (Å²) >= 11 is 1.64. The van der Waals surface area contributed by atoms with Crippen molar-refractivity contribution in [1.29, 1.82) is 0 Å². The molecule has 0 bridgehead atoms. The molecule has 6 nitrogen and oxygen atoms in total. The number of aromatic nitrogens is 4. The maximum Gasteiger partial charge on any atom is 0.191 e. The van der Waals surface area contributed by atoms with Gasteiger partial charge in [-0.3, -0.25) is 4.98 Å². The molecule has 3 aromatic rings. The Morgan fingerprint density at radius 3 is 2.54 bits per heavy atom. The quantitative estimate of drug-likeness (QED) is 0.557. The van der Waals surface area contributed by atoms with Gasteiger partial charge in [0.2, 0.25) is 0 Å². The van der Waals surface area contributed by atoms with Crippen molar-refractivity contribution in [2.75, 3.05) is 14.2 Å². The van der Waals surface area contributed by atoms with E-state index in [9.17, 15) is 0 Å². The Bertz CT molecular complexity index is 852. The predicted molar refractivity (Wildman–Crippen MR) is 103 cm³/mol. The predicted octanol–water partition coefficient (Wildman–Crippen LogP) is 4.06. The van der Waals surface area contributed by atoms with Crippen molar-refractivity contribution < 1.29 is 9.47 Å². The summed E-state index contributed by atoms with van der Waals surface area (Å²) in [5.74, 6) is 3.25. The van der Waals surface area contributed by atoms with Crippen LogP contribution in [0.1, 0.15) is 18.9 Å². The van der Waals surface area contributed by atoms with Gasteiger partial charge in [0, 0.05) is 35.8 Å². The average molecular weight is 370 g/mol. The van der Waals surface area contributed by atoms with Crippen LogP contribution >= 0.6 is 11.8 Å². The largest absolute Gasteiger partial charge is 0.497 e. The first-order chi connectivity index (χ1) is 12.8. The molecule has 2 heterocycles. The fourth-order valence-corrected chi connectivity index (χ4v) is 3.61. The van der Waals surface area contributed by atoms with Crippen LogP contribution in [-0.2, 0) is 12.3 Å². The number of pyridine rings is 1. The summed E-state index contributed by atoms with van der Waals surface area (Å²) in [7, 11) is 3.34. The standard InChI is InChI=1S/C19H22N4O2S/c1-4-11-23-18(14-7-9-20-10-8-14)21-22-19(23)26-13-15-12-16(24-2)5-6-17(15)25-3/h5-10,12H,4,11,13H2,1-3H3. The van der Waals surface area contributed by atoms with Crippen molar-refractivity contribution in [3.05, 3.63) is 48.3 Å². The summed E-state index contributed by atoms with van der Waals surface area (Å²) < 4.78 is 13.0. The lowest BCUT2D eigenvalue weighted by atomic mass is 10.2. The summed E-state index contributed by atoms with van der Waals surface area (Å²) in [6.45, 7) is 3.01. The first-order valence-corrected chi connectivity index (χ1v) is 9.42. The number of rotatable bonds is 8. The molecule has 136 valence electrons. The second-order valence-corrected chi connectivity index (χ2v) is 6.60. The second kappa shape index (κ2) is 8.71. The molecule has 0 N–H and O–H groups in total. The lowest BCUT2D eigenvalue weighted by molar-refractivity contribution is 0.400. The first-order valence-electron chi connectivity index (χ1n) is 8.44. The summed E-state index contributed by atoms with van der Waals surface area (Å²) in [5.41, 5.74) is 2.08. The van der Waals surface area contributed by atoms with Crippen molar-refractivity contribution >= 4 is 11.8 Å². The first kappa shape index (κ1) is 18.3. The van der Waals surface area contributed by atoms with Gasteiger partial charge < -0.3 is 14.0 Å². The van der Waals surface area contributed by atoms with E-state index in [1.165, 1.54) is 0 Å². The maximum absolute atomic E-state index is 5.47. The van der Waals surface area contributed by atoms with Gasteiger partial charge in [-0.15, -0.1) is 10.2 Å². The zero-order valence-electron chi connectivity index (χ0n) is 15.2. The van der Waals surface area contributed by atoms with Gasteiger partial charge in [0.15, 0.2) is 11.0 Å². The van der Waals surface area contributed by atoms with Crippen molar-refractivity contribution in [3.8, 4) is 22.9 Å². The molecule has 0 aliphatic rings. The molecule has 0 radical (unpaired) electrons. The van der Waals surface area contributed by atoms with E-state index < -0.39 is 0 Å². The van der Waals surface area contributed by atoms with Crippen LogP contribution in [0.2, 0.25) is 0 Å². The van der Waals surface area contributed by atoms with E-state index >= 15 is 0 Å². The molecule has 0 fully saturated rings. The van der Waals surface area contributed by atoms with Crippen molar-refractivity contribution in [2.24, 2.45) is 0 Å². The van der Waals surface area contributed by atoms with Crippen LogP contribution in [0.4, 0.5) is 0 Å². The number of nitrogens with zero attached hydrogens (tertiary/aromatic N) is 4. The van der Waals surface area contributed by atoms with E-state index in [0.29, 0.717) is 0 Å². The minimum Gasteiger partial charge on any atom is -0.497 e. The third kappa shape index (κ3) is 3.99. The third-order valence-corrected chi connectivity index (χ3v) is 4.96. The number of benzene rings is 1. The second-order valence-electron chi connectivity index (χ2n) is 5.66. The van der Waals surface area contributed by atoms with Crippen molar-refractivity contribution in [3.63, 3.8) is 0 Å². The van der Waals surface area contributed by atoms with E-state index in [1.54, 1.807) is 38.4 Å². The molecule has 3 rings (SSSR count). The highest BCUT2D eigenvalue weighted by Crippen LogP contribution is 2.31. The van der Waals surface area contributed by atoms with Crippen LogP contribution in [-0.4, -0.2) is 34.0 Å². The number of hydrogen-bond acceptors (Lipinski definition) is 6. The fourth-order valence-electron chi connectivity index (χ4n) is 2.67. The van der Waals surface area contributed by atoms with E-state index in [4.69, 9.17) is 9.47 Å². The number of ether oxygens (including phenoxy) is 2. The monoisotopic (exact) mass is 370 g/mol. The van der Waals surface area contributed by atoms with E-state index in [0.717, 1.165) is 52.3 Å². The molecular formula is C19H22N4O2S. The third-order valence-electron chi connectivity index (χ3n) is 3.95. The maximum atomic E-state index is 5.47. The summed E-state index contributed by atoms with van der Waals surface area (Å²) in [6.07, 6.45) is 4.55. The molecule has 0 unspecified atom stereocenters. The van der Waals surface area contributed by atoms with Gasteiger partial charge >= 0.3 is 0 Å².